The minimum atomic E-state index is -0.505. The topological polar surface area (TPSA) is 78.4 Å². The van der Waals surface area contributed by atoms with Gasteiger partial charge in [0.15, 0.2) is 0 Å². The molecule has 0 aliphatic heterocycles. The maximum Gasteiger partial charge on any atom is 0.255 e. The Morgan fingerprint density at radius 1 is 0.960 bits per heavy atom. The van der Waals surface area contributed by atoms with Crippen molar-refractivity contribution < 1.29 is 14.7 Å². The lowest BCUT2D eigenvalue weighted by Crippen LogP contribution is -2.27. The van der Waals surface area contributed by atoms with Crippen molar-refractivity contribution in [3.8, 4) is 0 Å². The molecular weight excluding hydrogens is 316 g/mol. The van der Waals surface area contributed by atoms with E-state index < -0.39 is 5.41 Å². The molecule has 2 aromatic rings. The summed E-state index contributed by atoms with van der Waals surface area (Å²) in [7, 11) is 0. The number of aliphatic hydroxyl groups excluding tert-OH is 1. The Morgan fingerprint density at radius 3 is 2.24 bits per heavy atom. The molecule has 2 rings (SSSR count). The first-order valence-corrected chi connectivity index (χ1v) is 8.22. The highest BCUT2D eigenvalue weighted by Crippen LogP contribution is 2.19. The summed E-state index contributed by atoms with van der Waals surface area (Å²) in [5.41, 5.74) is 2.23. The molecule has 0 bridgehead atoms. The van der Waals surface area contributed by atoms with Gasteiger partial charge >= 0.3 is 0 Å². The van der Waals surface area contributed by atoms with Crippen LogP contribution in [0.3, 0.4) is 0 Å². The molecule has 5 heteroatoms. The number of amides is 2. The van der Waals surface area contributed by atoms with Crippen LogP contribution >= 0.6 is 0 Å². The zero-order valence-electron chi connectivity index (χ0n) is 14.8. The molecule has 0 fully saturated rings. The predicted octanol–water partition coefficient (Wildman–Crippen LogP) is 3.46. The molecule has 132 valence electrons. The van der Waals surface area contributed by atoms with Crippen LogP contribution in [0.1, 0.15) is 36.7 Å². The van der Waals surface area contributed by atoms with Crippen LogP contribution in [-0.4, -0.2) is 23.5 Å². The van der Waals surface area contributed by atoms with E-state index >= 15 is 0 Å². The quantitative estimate of drug-likeness (QED) is 0.780. The van der Waals surface area contributed by atoms with E-state index in [1.54, 1.807) is 36.4 Å². The molecule has 0 radical (unpaired) electrons. The molecule has 0 saturated heterocycles. The number of anilines is 2. The Bertz CT molecular complexity index is 746. The molecule has 3 N–H and O–H groups in total. The summed E-state index contributed by atoms with van der Waals surface area (Å²) >= 11 is 0. The van der Waals surface area contributed by atoms with Crippen LogP contribution in [0.4, 0.5) is 11.4 Å². The van der Waals surface area contributed by atoms with E-state index in [1.165, 1.54) is 0 Å². The van der Waals surface area contributed by atoms with E-state index in [4.69, 9.17) is 5.11 Å². The van der Waals surface area contributed by atoms with Crippen molar-refractivity contribution in [2.75, 3.05) is 17.2 Å². The normalized spacial score (nSPS) is 11.0. The average molecular weight is 340 g/mol. The van der Waals surface area contributed by atoms with Gasteiger partial charge in [-0.05, 0) is 42.3 Å². The highest BCUT2D eigenvalue weighted by Gasteiger charge is 2.21. The van der Waals surface area contributed by atoms with Crippen molar-refractivity contribution in [2.24, 2.45) is 5.41 Å². The molecule has 5 nitrogen and oxygen atoms in total. The van der Waals surface area contributed by atoms with E-state index in [0.29, 0.717) is 23.4 Å². The third kappa shape index (κ3) is 5.43. The number of aliphatic hydroxyl groups is 1. The van der Waals surface area contributed by atoms with Gasteiger partial charge < -0.3 is 15.7 Å². The van der Waals surface area contributed by atoms with Gasteiger partial charge in [-0.1, -0.05) is 39.0 Å². The Kier molecular flexibility index (Phi) is 5.93. The molecule has 2 amide bonds. The van der Waals surface area contributed by atoms with E-state index in [1.807, 2.05) is 32.9 Å². The number of hydrogen-bond acceptors (Lipinski definition) is 3. The van der Waals surface area contributed by atoms with Gasteiger partial charge in [0, 0.05) is 29.0 Å². The standard InChI is InChI=1S/C20H24N2O3/c1-20(2,3)19(25)22-17-6-4-5-15(13-17)18(24)21-16-9-7-14(8-10-16)11-12-23/h4-10,13,23H,11-12H2,1-3H3,(H,21,24)(H,22,25). The predicted molar refractivity (Wildman–Crippen MR) is 99.7 cm³/mol. The van der Waals surface area contributed by atoms with E-state index in [2.05, 4.69) is 10.6 Å². The zero-order valence-corrected chi connectivity index (χ0v) is 14.8. The summed E-state index contributed by atoms with van der Waals surface area (Å²) < 4.78 is 0. The first kappa shape index (κ1) is 18.7. The van der Waals surface area contributed by atoms with Gasteiger partial charge in [0.05, 0.1) is 0 Å². The van der Waals surface area contributed by atoms with Crippen LogP contribution in [0.15, 0.2) is 48.5 Å². The summed E-state index contributed by atoms with van der Waals surface area (Å²) in [5.74, 6) is -0.355. The Balaban J connectivity index is 2.06. The SMILES string of the molecule is CC(C)(C)C(=O)Nc1cccc(C(=O)Nc2ccc(CCO)cc2)c1. The molecule has 0 spiro atoms. The smallest absolute Gasteiger partial charge is 0.255 e. The van der Waals surface area contributed by atoms with Crippen LogP contribution in [0.25, 0.3) is 0 Å². The zero-order chi connectivity index (χ0) is 18.4. The van der Waals surface area contributed by atoms with Gasteiger partial charge in [-0.25, -0.2) is 0 Å². The minimum absolute atomic E-state index is 0.0960. The molecule has 0 aromatic heterocycles. The fourth-order valence-corrected chi connectivity index (χ4v) is 2.14. The van der Waals surface area contributed by atoms with Crippen LogP contribution in [0, 0.1) is 5.41 Å². The molecule has 0 heterocycles. The lowest BCUT2D eigenvalue weighted by molar-refractivity contribution is -0.123. The van der Waals surface area contributed by atoms with Crippen molar-refractivity contribution in [1.29, 1.82) is 0 Å². The largest absolute Gasteiger partial charge is 0.396 e. The van der Waals surface area contributed by atoms with Gasteiger partial charge in [0.1, 0.15) is 0 Å². The van der Waals surface area contributed by atoms with Crippen LogP contribution in [-0.2, 0) is 11.2 Å². The molecule has 0 aliphatic carbocycles. The Hall–Kier alpha value is -2.66. The Morgan fingerprint density at radius 2 is 1.64 bits per heavy atom. The minimum Gasteiger partial charge on any atom is -0.396 e. The third-order valence-corrected chi connectivity index (χ3v) is 3.68. The van der Waals surface area contributed by atoms with Crippen LogP contribution < -0.4 is 10.6 Å². The number of hydrogen-bond donors (Lipinski definition) is 3. The average Bonchev–Trinajstić information content (AvgIpc) is 2.56. The lowest BCUT2D eigenvalue weighted by Gasteiger charge is -2.18. The second-order valence-corrected chi connectivity index (χ2v) is 6.91. The summed E-state index contributed by atoms with van der Waals surface area (Å²) in [6, 6.07) is 14.2. The second-order valence-electron chi connectivity index (χ2n) is 6.91. The van der Waals surface area contributed by atoms with Crippen molar-refractivity contribution in [3.63, 3.8) is 0 Å². The highest BCUT2D eigenvalue weighted by molar-refractivity contribution is 6.05. The highest BCUT2D eigenvalue weighted by atomic mass is 16.3. The first-order chi connectivity index (χ1) is 11.8. The number of carbonyl (C=O) groups excluding carboxylic acids is 2. The number of carbonyl (C=O) groups is 2. The third-order valence-electron chi connectivity index (χ3n) is 3.68. The molecule has 0 aliphatic rings. The summed E-state index contributed by atoms with van der Waals surface area (Å²) in [5, 5.41) is 14.6. The number of rotatable bonds is 5. The first-order valence-electron chi connectivity index (χ1n) is 8.22. The van der Waals surface area contributed by atoms with Crippen molar-refractivity contribution in [1.82, 2.24) is 0 Å². The van der Waals surface area contributed by atoms with E-state index in [0.717, 1.165) is 5.56 Å². The summed E-state index contributed by atoms with van der Waals surface area (Å²) in [6.07, 6.45) is 0.587. The van der Waals surface area contributed by atoms with E-state index in [-0.39, 0.29) is 18.4 Å². The van der Waals surface area contributed by atoms with Crippen LogP contribution in [0.2, 0.25) is 0 Å². The fraction of sp³-hybridized carbons (Fsp3) is 0.300. The summed E-state index contributed by atoms with van der Waals surface area (Å²) in [4.78, 5) is 24.5. The van der Waals surface area contributed by atoms with Crippen molar-refractivity contribution >= 4 is 23.2 Å². The van der Waals surface area contributed by atoms with E-state index in [9.17, 15) is 9.59 Å². The van der Waals surface area contributed by atoms with Gasteiger partial charge in [-0.15, -0.1) is 0 Å². The monoisotopic (exact) mass is 340 g/mol. The van der Waals surface area contributed by atoms with Crippen LogP contribution in [0.5, 0.6) is 0 Å². The fourth-order valence-electron chi connectivity index (χ4n) is 2.14. The maximum absolute atomic E-state index is 12.4. The van der Waals surface area contributed by atoms with Gasteiger partial charge in [0.25, 0.3) is 5.91 Å². The second kappa shape index (κ2) is 7.94. The molecule has 0 atom stereocenters. The van der Waals surface area contributed by atoms with Gasteiger partial charge in [-0.2, -0.15) is 0 Å². The van der Waals surface area contributed by atoms with Crippen molar-refractivity contribution in [2.45, 2.75) is 27.2 Å². The summed E-state index contributed by atoms with van der Waals surface area (Å²) in [6.45, 7) is 5.59. The maximum atomic E-state index is 12.4. The number of benzene rings is 2. The van der Waals surface area contributed by atoms with Crippen molar-refractivity contribution in [3.05, 3.63) is 59.7 Å². The number of nitrogens with one attached hydrogen (secondary N) is 2. The molecule has 0 unspecified atom stereocenters. The Labute approximate surface area is 148 Å². The lowest BCUT2D eigenvalue weighted by atomic mass is 9.95. The van der Waals surface area contributed by atoms with Gasteiger partial charge in [-0.3, -0.25) is 9.59 Å². The van der Waals surface area contributed by atoms with Gasteiger partial charge in [0.2, 0.25) is 5.91 Å². The molecule has 0 saturated carbocycles. The molecule has 2 aromatic carbocycles. The molecule has 25 heavy (non-hydrogen) atoms. The molecular formula is C20H24N2O3.